The Morgan fingerprint density at radius 3 is 2.25 bits per heavy atom. The van der Waals surface area contributed by atoms with Crippen molar-refractivity contribution in [2.75, 3.05) is 11.9 Å². The summed E-state index contributed by atoms with van der Waals surface area (Å²) in [6, 6.07) is 6.44. The molecule has 2 N–H and O–H groups in total. The minimum Gasteiger partial charge on any atom is -0.388 e. The molecule has 0 saturated heterocycles. The third-order valence-electron chi connectivity index (χ3n) is 2.14. The summed E-state index contributed by atoms with van der Waals surface area (Å²) in [4.78, 5) is 22.5. The van der Waals surface area contributed by atoms with Gasteiger partial charge in [0.05, 0.1) is 0 Å². The lowest BCUT2D eigenvalue weighted by atomic mass is 10.1. The van der Waals surface area contributed by atoms with Gasteiger partial charge in [-0.3, -0.25) is 9.59 Å². The molecule has 0 aliphatic heterocycles. The number of benzene rings is 1. The number of amides is 1. The molecule has 1 amide bonds. The summed E-state index contributed by atoms with van der Waals surface area (Å²) >= 11 is 0. The number of carbonyl (C=O) groups excluding carboxylic acids is 2. The summed E-state index contributed by atoms with van der Waals surface area (Å²) in [5, 5.41) is 11.4. The number of ketones is 1. The SMILES string of the molecule is CC(C)C(=O)Nc1ccc(C(=O)CO)cc1. The molecule has 0 spiro atoms. The van der Waals surface area contributed by atoms with Crippen molar-refractivity contribution in [1.82, 2.24) is 0 Å². The first-order valence-electron chi connectivity index (χ1n) is 5.09. The van der Waals surface area contributed by atoms with Crippen molar-refractivity contribution in [3.8, 4) is 0 Å². The molecule has 4 nitrogen and oxygen atoms in total. The minimum atomic E-state index is -0.502. The van der Waals surface area contributed by atoms with E-state index in [9.17, 15) is 9.59 Å². The zero-order valence-corrected chi connectivity index (χ0v) is 9.36. The van der Waals surface area contributed by atoms with Gasteiger partial charge in [0.25, 0.3) is 0 Å². The van der Waals surface area contributed by atoms with E-state index in [2.05, 4.69) is 5.32 Å². The lowest BCUT2D eigenvalue weighted by Crippen LogP contribution is -2.17. The maximum Gasteiger partial charge on any atom is 0.226 e. The molecule has 1 rings (SSSR count). The van der Waals surface area contributed by atoms with Crippen LogP contribution in [0.25, 0.3) is 0 Å². The second-order valence-corrected chi connectivity index (χ2v) is 3.80. The Kier molecular flexibility index (Phi) is 4.19. The predicted molar refractivity (Wildman–Crippen MR) is 61.3 cm³/mol. The highest BCUT2D eigenvalue weighted by molar-refractivity contribution is 5.98. The van der Waals surface area contributed by atoms with Crippen molar-refractivity contribution in [3.05, 3.63) is 29.8 Å². The van der Waals surface area contributed by atoms with Crippen LogP contribution in [-0.4, -0.2) is 23.4 Å². The second kappa shape index (κ2) is 5.42. The van der Waals surface area contributed by atoms with Gasteiger partial charge in [0.15, 0.2) is 5.78 Å². The van der Waals surface area contributed by atoms with Crippen molar-refractivity contribution in [2.45, 2.75) is 13.8 Å². The maximum atomic E-state index is 11.4. The Morgan fingerprint density at radius 1 is 1.25 bits per heavy atom. The number of Topliss-reactive ketones (excluding diaryl/α,β-unsaturated/α-hetero) is 1. The van der Waals surface area contributed by atoms with Gasteiger partial charge in [-0.15, -0.1) is 0 Å². The van der Waals surface area contributed by atoms with Crippen LogP contribution in [0.1, 0.15) is 24.2 Å². The van der Waals surface area contributed by atoms with E-state index in [0.29, 0.717) is 11.3 Å². The molecule has 0 saturated carbocycles. The van der Waals surface area contributed by atoms with Crippen LogP contribution in [-0.2, 0) is 4.79 Å². The van der Waals surface area contributed by atoms with Crippen LogP contribution in [0.5, 0.6) is 0 Å². The molecular weight excluding hydrogens is 206 g/mol. The van der Waals surface area contributed by atoms with E-state index < -0.39 is 6.61 Å². The largest absolute Gasteiger partial charge is 0.388 e. The molecule has 1 aromatic carbocycles. The molecule has 0 radical (unpaired) electrons. The first-order chi connectivity index (χ1) is 7.54. The highest BCUT2D eigenvalue weighted by Gasteiger charge is 2.08. The molecule has 0 fully saturated rings. The highest BCUT2D eigenvalue weighted by Crippen LogP contribution is 2.11. The standard InChI is InChI=1S/C12H15NO3/c1-8(2)12(16)13-10-5-3-9(4-6-10)11(15)7-14/h3-6,8,14H,7H2,1-2H3,(H,13,16). The van der Waals surface area contributed by atoms with E-state index in [-0.39, 0.29) is 17.6 Å². The number of hydrogen-bond donors (Lipinski definition) is 2. The molecule has 0 heterocycles. The lowest BCUT2D eigenvalue weighted by molar-refractivity contribution is -0.118. The molecule has 0 aliphatic rings. The molecule has 0 atom stereocenters. The van der Waals surface area contributed by atoms with Crippen LogP contribution in [0.15, 0.2) is 24.3 Å². The number of aliphatic hydroxyl groups excluding tert-OH is 1. The van der Waals surface area contributed by atoms with Crippen LogP contribution in [0.2, 0.25) is 0 Å². The molecular formula is C12H15NO3. The Morgan fingerprint density at radius 2 is 1.81 bits per heavy atom. The zero-order chi connectivity index (χ0) is 12.1. The number of nitrogens with one attached hydrogen (secondary N) is 1. The molecule has 0 bridgehead atoms. The van der Waals surface area contributed by atoms with Crippen LogP contribution in [0.4, 0.5) is 5.69 Å². The lowest BCUT2D eigenvalue weighted by Gasteiger charge is -2.07. The zero-order valence-electron chi connectivity index (χ0n) is 9.36. The average Bonchev–Trinajstić information content (AvgIpc) is 2.28. The average molecular weight is 221 g/mol. The van der Waals surface area contributed by atoms with E-state index in [1.807, 2.05) is 0 Å². The summed E-state index contributed by atoms with van der Waals surface area (Å²) in [6.45, 7) is 3.11. The van der Waals surface area contributed by atoms with Crippen LogP contribution < -0.4 is 5.32 Å². The fraction of sp³-hybridized carbons (Fsp3) is 0.333. The van der Waals surface area contributed by atoms with Crippen LogP contribution in [0.3, 0.4) is 0 Å². The summed E-state index contributed by atoms with van der Waals surface area (Å²) in [6.07, 6.45) is 0. The van der Waals surface area contributed by atoms with E-state index >= 15 is 0 Å². The Balaban J connectivity index is 2.72. The summed E-state index contributed by atoms with van der Waals surface area (Å²) < 4.78 is 0. The summed E-state index contributed by atoms with van der Waals surface area (Å²) in [5.41, 5.74) is 1.08. The summed E-state index contributed by atoms with van der Waals surface area (Å²) in [7, 11) is 0. The minimum absolute atomic E-state index is 0.0683. The molecule has 4 heteroatoms. The summed E-state index contributed by atoms with van der Waals surface area (Å²) in [5.74, 6) is -0.485. The quantitative estimate of drug-likeness (QED) is 0.756. The third kappa shape index (κ3) is 3.17. The van der Waals surface area contributed by atoms with Crippen LogP contribution >= 0.6 is 0 Å². The third-order valence-corrected chi connectivity index (χ3v) is 2.14. The van der Waals surface area contributed by atoms with Gasteiger partial charge in [0.1, 0.15) is 6.61 Å². The van der Waals surface area contributed by atoms with Gasteiger partial charge in [-0.05, 0) is 24.3 Å². The van der Waals surface area contributed by atoms with Gasteiger partial charge in [-0.1, -0.05) is 13.8 Å². The van der Waals surface area contributed by atoms with E-state index in [0.717, 1.165) is 0 Å². The Hall–Kier alpha value is -1.68. The number of carbonyl (C=O) groups is 2. The number of hydrogen-bond acceptors (Lipinski definition) is 3. The second-order valence-electron chi connectivity index (χ2n) is 3.80. The van der Waals surface area contributed by atoms with Gasteiger partial charge in [-0.25, -0.2) is 0 Å². The molecule has 16 heavy (non-hydrogen) atoms. The van der Waals surface area contributed by atoms with Crippen molar-refractivity contribution in [3.63, 3.8) is 0 Å². The first-order valence-corrected chi connectivity index (χ1v) is 5.09. The topological polar surface area (TPSA) is 66.4 Å². The fourth-order valence-electron chi connectivity index (χ4n) is 1.12. The molecule has 1 aromatic rings. The van der Waals surface area contributed by atoms with Gasteiger partial charge < -0.3 is 10.4 Å². The van der Waals surface area contributed by atoms with E-state index in [4.69, 9.17) is 5.11 Å². The normalized spacial score (nSPS) is 10.2. The fourth-order valence-corrected chi connectivity index (χ4v) is 1.12. The van der Waals surface area contributed by atoms with Gasteiger partial charge >= 0.3 is 0 Å². The smallest absolute Gasteiger partial charge is 0.226 e. The Bertz CT molecular complexity index is 382. The number of aliphatic hydroxyl groups is 1. The number of anilines is 1. The predicted octanol–water partition coefficient (Wildman–Crippen LogP) is 1.46. The van der Waals surface area contributed by atoms with Crippen molar-refractivity contribution < 1.29 is 14.7 Å². The van der Waals surface area contributed by atoms with E-state index in [1.54, 1.807) is 38.1 Å². The van der Waals surface area contributed by atoms with Gasteiger partial charge in [0, 0.05) is 17.2 Å². The van der Waals surface area contributed by atoms with Gasteiger partial charge in [-0.2, -0.15) is 0 Å². The first kappa shape index (κ1) is 12.4. The maximum absolute atomic E-state index is 11.4. The monoisotopic (exact) mass is 221 g/mol. The van der Waals surface area contributed by atoms with E-state index in [1.165, 1.54) is 0 Å². The molecule has 0 aliphatic carbocycles. The van der Waals surface area contributed by atoms with Crippen molar-refractivity contribution in [1.29, 1.82) is 0 Å². The Labute approximate surface area is 94.3 Å². The van der Waals surface area contributed by atoms with Gasteiger partial charge in [0.2, 0.25) is 5.91 Å². The highest BCUT2D eigenvalue weighted by atomic mass is 16.3. The number of rotatable bonds is 4. The van der Waals surface area contributed by atoms with Crippen molar-refractivity contribution >= 4 is 17.4 Å². The van der Waals surface area contributed by atoms with Crippen molar-refractivity contribution in [2.24, 2.45) is 5.92 Å². The molecule has 0 aromatic heterocycles. The molecule has 86 valence electrons. The molecule has 0 unspecified atom stereocenters. The van der Waals surface area contributed by atoms with Crippen LogP contribution in [0, 0.1) is 5.92 Å².